The van der Waals surface area contributed by atoms with Gasteiger partial charge in [0.05, 0.1) is 12.3 Å². The molecule has 6 heteroatoms. The highest BCUT2D eigenvalue weighted by Gasteiger charge is 2.07. The molecular formula is C13H16ClN3OS. The number of nitrogens with zero attached hydrogens (tertiary/aromatic N) is 2. The first-order valence-electron chi connectivity index (χ1n) is 6.06. The van der Waals surface area contributed by atoms with Crippen LogP contribution in [0.4, 0.5) is 0 Å². The third kappa shape index (κ3) is 4.45. The maximum absolute atomic E-state index is 5.84. The van der Waals surface area contributed by atoms with E-state index in [1.165, 1.54) is 11.3 Å². The van der Waals surface area contributed by atoms with E-state index in [2.05, 4.69) is 15.3 Å². The number of nitrogens with one attached hydrogen (secondary N) is 1. The maximum Gasteiger partial charge on any atom is 0.218 e. The Morgan fingerprint density at radius 3 is 2.89 bits per heavy atom. The summed E-state index contributed by atoms with van der Waals surface area (Å²) in [6, 6.07) is 3.91. The SMILES string of the molecule is CC(C)Oc1ncccc1CNCc1ncc(Cl)s1. The normalized spacial score (nSPS) is 10.9. The first-order chi connectivity index (χ1) is 9.15. The van der Waals surface area contributed by atoms with Crippen molar-refractivity contribution in [2.24, 2.45) is 0 Å². The van der Waals surface area contributed by atoms with Crippen LogP contribution in [0.15, 0.2) is 24.5 Å². The molecule has 0 aliphatic rings. The number of hydrogen-bond donors (Lipinski definition) is 1. The fraction of sp³-hybridized carbons (Fsp3) is 0.385. The Hall–Kier alpha value is -1.17. The molecule has 0 spiro atoms. The predicted molar refractivity (Wildman–Crippen MR) is 77.7 cm³/mol. The maximum atomic E-state index is 5.84. The van der Waals surface area contributed by atoms with Gasteiger partial charge in [-0.3, -0.25) is 0 Å². The molecule has 2 rings (SSSR count). The molecule has 0 saturated heterocycles. The summed E-state index contributed by atoms with van der Waals surface area (Å²) in [5.41, 5.74) is 1.04. The Morgan fingerprint density at radius 1 is 1.37 bits per heavy atom. The van der Waals surface area contributed by atoms with E-state index in [4.69, 9.17) is 16.3 Å². The number of halogens is 1. The standard InChI is InChI=1S/C13H16ClN3OS/c1-9(2)18-13-10(4-3-5-16-13)6-15-8-12-17-7-11(14)19-12/h3-5,7,9,15H,6,8H2,1-2H3. The molecule has 0 bridgehead atoms. The molecule has 0 aliphatic heterocycles. The van der Waals surface area contributed by atoms with Gasteiger partial charge < -0.3 is 10.1 Å². The minimum atomic E-state index is 0.117. The van der Waals surface area contributed by atoms with Crippen molar-refractivity contribution in [2.75, 3.05) is 0 Å². The van der Waals surface area contributed by atoms with E-state index in [0.717, 1.165) is 10.6 Å². The van der Waals surface area contributed by atoms with Gasteiger partial charge in [0.2, 0.25) is 5.88 Å². The van der Waals surface area contributed by atoms with Gasteiger partial charge in [-0.2, -0.15) is 0 Å². The Labute approximate surface area is 121 Å². The van der Waals surface area contributed by atoms with Crippen LogP contribution >= 0.6 is 22.9 Å². The lowest BCUT2D eigenvalue weighted by molar-refractivity contribution is 0.229. The fourth-order valence-corrected chi connectivity index (χ4v) is 2.49. The molecule has 102 valence electrons. The molecule has 0 aliphatic carbocycles. The zero-order valence-corrected chi connectivity index (χ0v) is 12.5. The molecule has 0 radical (unpaired) electrons. The highest BCUT2D eigenvalue weighted by atomic mass is 35.5. The number of thiazole rings is 1. The van der Waals surface area contributed by atoms with Gasteiger partial charge in [0.25, 0.3) is 0 Å². The first kappa shape index (κ1) is 14.2. The van der Waals surface area contributed by atoms with Crippen molar-refractivity contribution in [3.05, 3.63) is 39.4 Å². The molecule has 0 unspecified atom stereocenters. The average molecular weight is 298 g/mol. The van der Waals surface area contributed by atoms with Crippen LogP contribution in [0.1, 0.15) is 24.4 Å². The smallest absolute Gasteiger partial charge is 0.218 e. The van der Waals surface area contributed by atoms with E-state index in [1.807, 2.05) is 26.0 Å². The van der Waals surface area contributed by atoms with Crippen molar-refractivity contribution in [3.8, 4) is 5.88 Å². The van der Waals surface area contributed by atoms with Crippen molar-refractivity contribution in [1.82, 2.24) is 15.3 Å². The molecule has 0 atom stereocenters. The van der Waals surface area contributed by atoms with E-state index in [9.17, 15) is 0 Å². The van der Waals surface area contributed by atoms with E-state index < -0.39 is 0 Å². The monoisotopic (exact) mass is 297 g/mol. The largest absolute Gasteiger partial charge is 0.475 e. The van der Waals surface area contributed by atoms with Gasteiger partial charge in [-0.25, -0.2) is 9.97 Å². The van der Waals surface area contributed by atoms with Crippen molar-refractivity contribution < 1.29 is 4.74 Å². The Morgan fingerprint density at radius 2 is 2.21 bits per heavy atom. The highest BCUT2D eigenvalue weighted by Crippen LogP contribution is 2.19. The van der Waals surface area contributed by atoms with Crippen LogP contribution in [-0.2, 0) is 13.1 Å². The third-order valence-electron chi connectivity index (χ3n) is 2.31. The average Bonchev–Trinajstić information content (AvgIpc) is 2.77. The molecule has 4 nitrogen and oxygen atoms in total. The molecule has 0 saturated carbocycles. The van der Waals surface area contributed by atoms with E-state index in [-0.39, 0.29) is 6.10 Å². The molecule has 19 heavy (non-hydrogen) atoms. The second-order valence-corrected chi connectivity index (χ2v) is 6.04. The molecule has 2 heterocycles. The Balaban J connectivity index is 1.92. The van der Waals surface area contributed by atoms with E-state index in [0.29, 0.717) is 23.3 Å². The minimum absolute atomic E-state index is 0.117. The lowest BCUT2D eigenvalue weighted by Crippen LogP contribution is -2.15. The molecular weight excluding hydrogens is 282 g/mol. The fourth-order valence-electron chi connectivity index (χ4n) is 1.56. The van der Waals surface area contributed by atoms with Gasteiger partial charge in [-0.15, -0.1) is 11.3 Å². The van der Waals surface area contributed by atoms with Crippen molar-refractivity contribution in [3.63, 3.8) is 0 Å². The number of aromatic nitrogens is 2. The number of ether oxygens (including phenoxy) is 1. The quantitative estimate of drug-likeness (QED) is 0.889. The molecule has 2 aromatic heterocycles. The summed E-state index contributed by atoms with van der Waals surface area (Å²) in [4.78, 5) is 8.45. The summed E-state index contributed by atoms with van der Waals surface area (Å²) in [7, 11) is 0. The van der Waals surface area contributed by atoms with Gasteiger partial charge >= 0.3 is 0 Å². The van der Waals surface area contributed by atoms with Crippen LogP contribution in [0.2, 0.25) is 4.34 Å². The number of pyridine rings is 1. The predicted octanol–water partition coefficient (Wildman–Crippen LogP) is 3.27. The lowest BCUT2D eigenvalue weighted by atomic mass is 10.2. The van der Waals surface area contributed by atoms with Gasteiger partial charge in [0.15, 0.2) is 0 Å². The second kappa shape index (κ2) is 6.84. The Kier molecular flexibility index (Phi) is 5.13. The van der Waals surface area contributed by atoms with E-state index in [1.54, 1.807) is 12.4 Å². The molecule has 1 N–H and O–H groups in total. The van der Waals surface area contributed by atoms with Crippen molar-refractivity contribution >= 4 is 22.9 Å². The van der Waals surface area contributed by atoms with E-state index >= 15 is 0 Å². The summed E-state index contributed by atoms with van der Waals surface area (Å²) in [5.74, 6) is 0.683. The number of rotatable bonds is 6. The summed E-state index contributed by atoms with van der Waals surface area (Å²) in [6.45, 7) is 5.35. The van der Waals surface area contributed by atoms with Crippen LogP contribution in [-0.4, -0.2) is 16.1 Å². The summed E-state index contributed by atoms with van der Waals surface area (Å²) in [6.07, 6.45) is 3.52. The summed E-state index contributed by atoms with van der Waals surface area (Å²) >= 11 is 7.32. The third-order valence-corrected chi connectivity index (χ3v) is 3.43. The summed E-state index contributed by atoms with van der Waals surface area (Å²) < 4.78 is 6.38. The topological polar surface area (TPSA) is 47.0 Å². The van der Waals surface area contributed by atoms with Gasteiger partial charge in [0, 0.05) is 24.8 Å². The summed E-state index contributed by atoms with van der Waals surface area (Å²) in [5, 5.41) is 4.29. The molecule has 0 fully saturated rings. The van der Waals surface area contributed by atoms with Crippen LogP contribution < -0.4 is 10.1 Å². The Bertz CT molecular complexity index is 530. The lowest BCUT2D eigenvalue weighted by Gasteiger charge is -2.12. The molecule has 0 aromatic carbocycles. The van der Waals surface area contributed by atoms with Crippen LogP contribution in [0, 0.1) is 0 Å². The zero-order chi connectivity index (χ0) is 13.7. The first-order valence-corrected chi connectivity index (χ1v) is 7.26. The van der Waals surface area contributed by atoms with Gasteiger partial charge in [0.1, 0.15) is 9.34 Å². The number of hydrogen-bond acceptors (Lipinski definition) is 5. The van der Waals surface area contributed by atoms with Gasteiger partial charge in [-0.05, 0) is 19.9 Å². The van der Waals surface area contributed by atoms with Crippen LogP contribution in [0.25, 0.3) is 0 Å². The van der Waals surface area contributed by atoms with Crippen LogP contribution in [0.3, 0.4) is 0 Å². The minimum Gasteiger partial charge on any atom is -0.475 e. The second-order valence-electron chi connectivity index (χ2n) is 4.30. The van der Waals surface area contributed by atoms with Crippen molar-refractivity contribution in [1.29, 1.82) is 0 Å². The van der Waals surface area contributed by atoms with Crippen LogP contribution in [0.5, 0.6) is 5.88 Å². The van der Waals surface area contributed by atoms with Gasteiger partial charge in [-0.1, -0.05) is 17.7 Å². The van der Waals surface area contributed by atoms with Crippen molar-refractivity contribution in [2.45, 2.75) is 33.0 Å². The molecule has 0 amide bonds. The zero-order valence-electron chi connectivity index (χ0n) is 10.9. The molecule has 2 aromatic rings. The highest BCUT2D eigenvalue weighted by molar-refractivity contribution is 7.15.